The van der Waals surface area contributed by atoms with E-state index in [0.717, 1.165) is 11.1 Å². The number of hydrogen-bond donors (Lipinski definition) is 0. The summed E-state index contributed by atoms with van der Waals surface area (Å²) >= 11 is 0. The molecule has 99 valence electrons. The van der Waals surface area contributed by atoms with Crippen molar-refractivity contribution in [1.29, 1.82) is 0 Å². The van der Waals surface area contributed by atoms with Crippen molar-refractivity contribution in [1.82, 2.24) is 0 Å². The summed E-state index contributed by atoms with van der Waals surface area (Å²) in [5, 5.41) is 0. The first-order valence-corrected chi connectivity index (χ1v) is 9.48. The fourth-order valence-corrected chi connectivity index (χ4v) is 2.79. The standard InChI is InChI=1S/C18H23Si/c1-14-7-5-6-8-17(14)18-10-9-16(13-15(18)2)11-12-19(3)4/h5-10,13H,11-12H2,1-4H3/i11D2. The second-order valence-electron chi connectivity index (χ2n) is 5.41. The Morgan fingerprint density at radius 2 is 1.63 bits per heavy atom. The molecular weight excluding hydrogens is 244 g/mol. The molecule has 0 bridgehead atoms. The molecule has 0 nitrogen and oxygen atoms in total. The summed E-state index contributed by atoms with van der Waals surface area (Å²) in [6, 6.07) is 15.1. The number of rotatable bonds is 4. The van der Waals surface area contributed by atoms with E-state index in [0.29, 0.717) is 6.04 Å². The van der Waals surface area contributed by atoms with Gasteiger partial charge >= 0.3 is 0 Å². The fourth-order valence-electron chi connectivity index (χ4n) is 2.23. The Kier molecular flexibility index (Phi) is 3.75. The molecule has 1 heteroatoms. The van der Waals surface area contributed by atoms with Crippen LogP contribution in [0.2, 0.25) is 19.1 Å². The largest absolute Gasteiger partial charge is 0.0713 e. The molecule has 0 N–H and O–H groups in total. The minimum absolute atomic E-state index is 0.595. The van der Waals surface area contributed by atoms with Gasteiger partial charge in [-0.3, -0.25) is 0 Å². The molecule has 0 atom stereocenters. The zero-order chi connectivity index (χ0) is 15.6. The molecule has 0 heterocycles. The molecule has 0 saturated carbocycles. The molecular formula is C18H23Si. The van der Waals surface area contributed by atoms with Gasteiger partial charge in [0.05, 0.1) is 0 Å². The maximum atomic E-state index is 8.30. The summed E-state index contributed by atoms with van der Waals surface area (Å²) < 4.78 is 16.6. The average molecular weight is 269 g/mol. The Hall–Kier alpha value is -1.34. The zero-order valence-electron chi connectivity index (χ0n) is 14.2. The minimum atomic E-state index is -1.22. The highest BCUT2D eigenvalue weighted by Gasteiger charge is 2.06. The van der Waals surface area contributed by atoms with Gasteiger partial charge in [-0.2, -0.15) is 0 Å². The van der Waals surface area contributed by atoms with Crippen LogP contribution in [0.25, 0.3) is 11.1 Å². The first-order chi connectivity index (χ1) is 9.81. The molecule has 0 aliphatic rings. The fraction of sp³-hybridized carbons (Fsp3) is 0.333. The molecule has 0 aliphatic carbocycles. The predicted molar refractivity (Wildman–Crippen MR) is 87.3 cm³/mol. The van der Waals surface area contributed by atoms with Crippen molar-refractivity contribution in [2.24, 2.45) is 0 Å². The highest BCUT2D eigenvalue weighted by atomic mass is 28.3. The molecule has 2 aromatic carbocycles. The molecule has 19 heavy (non-hydrogen) atoms. The summed E-state index contributed by atoms with van der Waals surface area (Å²) in [6.45, 7) is 8.52. The van der Waals surface area contributed by atoms with E-state index in [1.807, 2.05) is 18.2 Å². The van der Waals surface area contributed by atoms with Gasteiger partial charge < -0.3 is 0 Å². The molecule has 0 fully saturated rings. The van der Waals surface area contributed by atoms with Gasteiger partial charge in [0.1, 0.15) is 0 Å². The lowest BCUT2D eigenvalue weighted by atomic mass is 9.95. The Morgan fingerprint density at radius 1 is 0.947 bits per heavy atom. The summed E-state index contributed by atoms with van der Waals surface area (Å²) in [5.41, 5.74) is 5.64. The van der Waals surface area contributed by atoms with E-state index in [9.17, 15) is 0 Å². The Morgan fingerprint density at radius 3 is 2.26 bits per heavy atom. The van der Waals surface area contributed by atoms with Crippen LogP contribution >= 0.6 is 0 Å². The highest BCUT2D eigenvalue weighted by Crippen LogP contribution is 2.27. The maximum absolute atomic E-state index is 8.30. The van der Waals surface area contributed by atoms with Crippen LogP contribution in [-0.2, 0) is 6.37 Å². The van der Waals surface area contributed by atoms with Crippen molar-refractivity contribution < 1.29 is 2.74 Å². The van der Waals surface area contributed by atoms with E-state index < -0.39 is 15.2 Å². The van der Waals surface area contributed by atoms with Gasteiger partial charge in [0.25, 0.3) is 0 Å². The topological polar surface area (TPSA) is 0 Å². The van der Waals surface area contributed by atoms with E-state index >= 15 is 0 Å². The zero-order valence-corrected chi connectivity index (χ0v) is 13.2. The third-order valence-corrected chi connectivity index (χ3v) is 4.19. The van der Waals surface area contributed by atoms with Crippen LogP contribution in [-0.4, -0.2) is 8.80 Å². The second-order valence-corrected chi connectivity index (χ2v) is 8.17. The maximum Gasteiger partial charge on any atom is 0.0416 e. The van der Waals surface area contributed by atoms with E-state index in [4.69, 9.17) is 2.74 Å². The molecule has 0 spiro atoms. The van der Waals surface area contributed by atoms with Gasteiger partial charge in [-0.25, -0.2) is 0 Å². The minimum Gasteiger partial charge on any atom is -0.0713 e. The first-order valence-electron chi connectivity index (χ1n) is 7.77. The van der Waals surface area contributed by atoms with Crippen molar-refractivity contribution in [3.8, 4) is 11.1 Å². The Bertz CT molecular complexity index is 633. The predicted octanol–water partition coefficient (Wildman–Crippen LogP) is 5.27. The van der Waals surface area contributed by atoms with Gasteiger partial charge in [-0.05, 0) is 48.0 Å². The summed E-state index contributed by atoms with van der Waals surface area (Å²) in [4.78, 5) is 0. The van der Waals surface area contributed by atoms with Crippen LogP contribution in [0.5, 0.6) is 0 Å². The van der Waals surface area contributed by atoms with Gasteiger partial charge in [0, 0.05) is 11.5 Å². The molecule has 1 radical (unpaired) electrons. The van der Waals surface area contributed by atoms with Crippen LogP contribution in [0.4, 0.5) is 0 Å². The van der Waals surface area contributed by atoms with Crippen molar-refractivity contribution in [3.05, 3.63) is 59.2 Å². The van der Waals surface area contributed by atoms with Crippen molar-refractivity contribution in [2.75, 3.05) is 0 Å². The van der Waals surface area contributed by atoms with Crippen LogP contribution in [0.3, 0.4) is 0 Å². The molecule has 0 amide bonds. The van der Waals surface area contributed by atoms with E-state index in [1.54, 1.807) is 0 Å². The lowest BCUT2D eigenvalue weighted by Gasteiger charge is -2.11. The summed E-state index contributed by atoms with van der Waals surface area (Å²) in [5.74, 6) is 0. The smallest absolute Gasteiger partial charge is 0.0416 e. The van der Waals surface area contributed by atoms with Gasteiger partial charge in [0.2, 0.25) is 0 Å². The molecule has 0 aromatic heterocycles. The van der Waals surface area contributed by atoms with E-state index in [1.165, 1.54) is 16.7 Å². The lowest BCUT2D eigenvalue weighted by molar-refractivity contribution is 1.11. The second kappa shape index (κ2) is 6.20. The summed E-state index contributed by atoms with van der Waals surface area (Å²) in [7, 11) is -0.595. The van der Waals surface area contributed by atoms with Crippen LogP contribution in [0.1, 0.15) is 19.4 Å². The SMILES string of the molecule is [2H]C([2H])(C[Si](C)C)c1ccc(-c2ccccc2C)c(C)c1. The van der Waals surface area contributed by atoms with Crippen LogP contribution < -0.4 is 0 Å². The molecule has 0 unspecified atom stereocenters. The number of hydrogen-bond acceptors (Lipinski definition) is 0. The monoisotopic (exact) mass is 269 g/mol. The number of aryl methyl sites for hydroxylation is 3. The average Bonchev–Trinajstić information content (AvgIpc) is 2.38. The van der Waals surface area contributed by atoms with Crippen molar-refractivity contribution >= 4 is 8.80 Å². The molecule has 0 saturated heterocycles. The lowest BCUT2D eigenvalue weighted by Crippen LogP contribution is -2.01. The van der Waals surface area contributed by atoms with E-state index in [2.05, 4.69) is 51.2 Å². The summed E-state index contributed by atoms with van der Waals surface area (Å²) in [6.07, 6.45) is -1.22. The number of benzene rings is 2. The van der Waals surface area contributed by atoms with E-state index in [-0.39, 0.29) is 0 Å². The molecule has 0 aliphatic heterocycles. The van der Waals surface area contributed by atoms with Gasteiger partial charge in [-0.15, -0.1) is 0 Å². The molecule has 2 aromatic rings. The van der Waals surface area contributed by atoms with Crippen molar-refractivity contribution in [3.63, 3.8) is 0 Å². The Balaban J connectivity index is 2.41. The Labute approximate surface area is 121 Å². The quantitative estimate of drug-likeness (QED) is 0.664. The van der Waals surface area contributed by atoms with Crippen molar-refractivity contribution in [2.45, 2.75) is 39.4 Å². The third kappa shape index (κ3) is 3.57. The normalized spacial score (nSPS) is 13.3. The molecule has 2 rings (SSSR count). The first kappa shape index (κ1) is 11.5. The van der Waals surface area contributed by atoms with Gasteiger partial charge in [-0.1, -0.05) is 61.6 Å². The third-order valence-electron chi connectivity index (χ3n) is 3.31. The van der Waals surface area contributed by atoms with Crippen LogP contribution in [0.15, 0.2) is 42.5 Å². The van der Waals surface area contributed by atoms with Gasteiger partial charge in [0.15, 0.2) is 0 Å². The van der Waals surface area contributed by atoms with Crippen LogP contribution in [0, 0.1) is 13.8 Å². The highest BCUT2D eigenvalue weighted by molar-refractivity contribution is 6.55.